The molecule has 0 N–H and O–H groups in total. The molecule has 1 aromatic heterocycles. The van der Waals surface area contributed by atoms with Crippen LogP contribution in [-0.2, 0) is 12.8 Å². The third-order valence-corrected chi connectivity index (χ3v) is 7.32. The molecular weight excluding hydrogens is 398 g/mol. The fourth-order valence-electron chi connectivity index (χ4n) is 5.49. The van der Waals surface area contributed by atoms with Gasteiger partial charge < -0.3 is 14.5 Å². The Hall–Kier alpha value is -2.18. The number of rotatable bonds is 8. The summed E-state index contributed by atoms with van der Waals surface area (Å²) in [6.07, 6.45) is 11.3. The van der Waals surface area contributed by atoms with E-state index in [1.165, 1.54) is 57.3 Å². The Morgan fingerprint density at radius 1 is 0.906 bits per heavy atom. The number of piperazine rings is 1. The first-order valence-electron chi connectivity index (χ1n) is 12.5. The van der Waals surface area contributed by atoms with Crippen molar-refractivity contribution >= 4 is 5.95 Å². The number of anilines is 1. The predicted octanol–water partition coefficient (Wildman–Crippen LogP) is 3.27. The standard InChI is InChI=1S/C26H37N5O/c1-2-12-30(11-1)21-22-5-6-24-20-25(8-7-23(24)19-22)32-18-4-13-29-14-16-31(17-15-29)26-27-9-3-10-28-26/h3,7-10,20,22H,1-2,4-6,11-19,21H2. The summed E-state index contributed by atoms with van der Waals surface area (Å²) in [6.45, 7) is 9.92. The highest BCUT2D eigenvalue weighted by molar-refractivity contribution is 5.37. The minimum atomic E-state index is 0.790. The van der Waals surface area contributed by atoms with Crippen LogP contribution in [0.25, 0.3) is 0 Å². The topological polar surface area (TPSA) is 44.7 Å². The number of hydrogen-bond acceptors (Lipinski definition) is 6. The number of likely N-dealkylation sites (tertiary alicyclic amines) is 1. The molecule has 2 fully saturated rings. The van der Waals surface area contributed by atoms with Crippen LogP contribution in [0.1, 0.15) is 36.8 Å². The van der Waals surface area contributed by atoms with Crippen molar-refractivity contribution in [3.63, 3.8) is 0 Å². The van der Waals surface area contributed by atoms with E-state index in [0.717, 1.165) is 63.4 Å². The lowest BCUT2D eigenvalue weighted by Gasteiger charge is -2.34. The van der Waals surface area contributed by atoms with E-state index in [-0.39, 0.29) is 0 Å². The highest BCUT2D eigenvalue weighted by atomic mass is 16.5. The number of hydrogen-bond donors (Lipinski definition) is 0. The van der Waals surface area contributed by atoms with Crippen molar-refractivity contribution in [3.05, 3.63) is 47.8 Å². The Balaban J connectivity index is 1.01. The molecule has 0 bridgehead atoms. The van der Waals surface area contributed by atoms with Gasteiger partial charge in [0.05, 0.1) is 6.61 Å². The number of aryl methyl sites for hydroxylation is 1. The Labute approximate surface area is 192 Å². The van der Waals surface area contributed by atoms with Gasteiger partial charge in [-0.2, -0.15) is 0 Å². The van der Waals surface area contributed by atoms with Crippen molar-refractivity contribution in [1.82, 2.24) is 19.8 Å². The zero-order valence-electron chi connectivity index (χ0n) is 19.3. The number of aromatic nitrogens is 2. The third-order valence-electron chi connectivity index (χ3n) is 7.32. The molecule has 1 unspecified atom stereocenters. The summed E-state index contributed by atoms with van der Waals surface area (Å²) in [5.74, 6) is 2.74. The van der Waals surface area contributed by atoms with Gasteiger partial charge in [-0.25, -0.2) is 9.97 Å². The summed E-state index contributed by atoms with van der Waals surface area (Å²) in [4.78, 5) is 16.2. The molecule has 3 aliphatic rings. The average Bonchev–Trinajstić information content (AvgIpc) is 3.36. The maximum absolute atomic E-state index is 6.12. The molecule has 3 heterocycles. The molecule has 2 saturated heterocycles. The van der Waals surface area contributed by atoms with Crippen LogP contribution in [-0.4, -0.2) is 78.7 Å². The Morgan fingerprint density at radius 2 is 1.72 bits per heavy atom. The lowest BCUT2D eigenvalue weighted by molar-refractivity contribution is 0.224. The fourth-order valence-corrected chi connectivity index (χ4v) is 5.49. The minimum Gasteiger partial charge on any atom is -0.494 e. The van der Waals surface area contributed by atoms with Gasteiger partial charge >= 0.3 is 0 Å². The second-order valence-electron chi connectivity index (χ2n) is 9.63. The van der Waals surface area contributed by atoms with Crippen LogP contribution in [0.2, 0.25) is 0 Å². The maximum atomic E-state index is 6.12. The summed E-state index contributed by atoms with van der Waals surface area (Å²) in [6, 6.07) is 8.69. The summed E-state index contributed by atoms with van der Waals surface area (Å²) in [5.41, 5.74) is 3.06. The molecule has 0 radical (unpaired) electrons. The molecule has 5 rings (SSSR count). The second kappa shape index (κ2) is 10.6. The lowest BCUT2D eigenvalue weighted by Crippen LogP contribution is -2.47. The molecule has 2 aromatic rings. The van der Waals surface area contributed by atoms with Gasteiger partial charge in [0, 0.05) is 51.7 Å². The number of benzene rings is 1. The van der Waals surface area contributed by atoms with Crippen molar-refractivity contribution in [3.8, 4) is 5.75 Å². The molecule has 6 heteroatoms. The van der Waals surface area contributed by atoms with Crippen LogP contribution in [0.4, 0.5) is 5.95 Å². The summed E-state index contributed by atoms with van der Waals surface area (Å²) in [5, 5.41) is 0. The monoisotopic (exact) mass is 435 g/mol. The molecule has 1 aromatic carbocycles. The molecule has 172 valence electrons. The van der Waals surface area contributed by atoms with E-state index in [0.29, 0.717) is 0 Å². The van der Waals surface area contributed by atoms with Crippen LogP contribution in [0.15, 0.2) is 36.7 Å². The van der Waals surface area contributed by atoms with E-state index >= 15 is 0 Å². The van der Waals surface area contributed by atoms with Gasteiger partial charge in [0.15, 0.2) is 0 Å². The van der Waals surface area contributed by atoms with Gasteiger partial charge in [-0.3, -0.25) is 4.90 Å². The van der Waals surface area contributed by atoms with Crippen LogP contribution < -0.4 is 9.64 Å². The van der Waals surface area contributed by atoms with Gasteiger partial charge in [-0.05, 0) is 86.9 Å². The molecule has 2 aliphatic heterocycles. The van der Waals surface area contributed by atoms with E-state index < -0.39 is 0 Å². The summed E-state index contributed by atoms with van der Waals surface area (Å²) < 4.78 is 6.12. The van der Waals surface area contributed by atoms with E-state index in [9.17, 15) is 0 Å². The maximum Gasteiger partial charge on any atom is 0.225 e. The molecule has 1 atom stereocenters. The third kappa shape index (κ3) is 5.59. The molecule has 6 nitrogen and oxygen atoms in total. The molecule has 0 saturated carbocycles. The van der Waals surface area contributed by atoms with Crippen molar-refractivity contribution in [2.24, 2.45) is 5.92 Å². The first kappa shape index (κ1) is 21.7. The molecule has 1 aliphatic carbocycles. The first-order chi connectivity index (χ1) is 15.8. The van der Waals surface area contributed by atoms with E-state index in [1.807, 2.05) is 18.5 Å². The SMILES string of the molecule is c1cnc(N2CCN(CCCOc3ccc4c(c3)CCC(CN3CCCC3)C4)CC2)nc1. The fraction of sp³-hybridized carbons (Fsp3) is 0.615. The molecular formula is C26H37N5O. The second-order valence-corrected chi connectivity index (χ2v) is 9.63. The highest BCUT2D eigenvalue weighted by Crippen LogP contribution is 2.30. The smallest absolute Gasteiger partial charge is 0.225 e. The summed E-state index contributed by atoms with van der Waals surface area (Å²) in [7, 11) is 0. The minimum absolute atomic E-state index is 0.790. The summed E-state index contributed by atoms with van der Waals surface area (Å²) >= 11 is 0. The van der Waals surface area contributed by atoms with Crippen LogP contribution >= 0.6 is 0 Å². The van der Waals surface area contributed by atoms with E-state index in [1.54, 1.807) is 5.56 Å². The first-order valence-corrected chi connectivity index (χ1v) is 12.5. The highest BCUT2D eigenvalue weighted by Gasteiger charge is 2.23. The number of nitrogens with zero attached hydrogens (tertiary/aromatic N) is 5. The van der Waals surface area contributed by atoms with Crippen molar-refractivity contribution in [1.29, 1.82) is 0 Å². The van der Waals surface area contributed by atoms with Crippen LogP contribution in [0, 0.1) is 5.92 Å². The van der Waals surface area contributed by atoms with Gasteiger partial charge in [0.2, 0.25) is 5.95 Å². The predicted molar refractivity (Wildman–Crippen MR) is 128 cm³/mol. The van der Waals surface area contributed by atoms with Crippen LogP contribution in [0.3, 0.4) is 0 Å². The zero-order chi connectivity index (χ0) is 21.6. The van der Waals surface area contributed by atoms with Crippen LogP contribution in [0.5, 0.6) is 5.75 Å². The van der Waals surface area contributed by atoms with Crippen molar-refractivity contribution in [2.45, 2.75) is 38.5 Å². The molecule has 0 spiro atoms. The quantitative estimate of drug-likeness (QED) is 0.593. The zero-order valence-corrected chi connectivity index (χ0v) is 19.3. The average molecular weight is 436 g/mol. The number of fused-ring (bicyclic) bond motifs is 1. The van der Waals surface area contributed by atoms with Crippen molar-refractivity contribution < 1.29 is 4.74 Å². The molecule has 32 heavy (non-hydrogen) atoms. The number of ether oxygens (including phenoxy) is 1. The lowest BCUT2D eigenvalue weighted by atomic mass is 9.83. The van der Waals surface area contributed by atoms with Gasteiger partial charge in [0.1, 0.15) is 5.75 Å². The Bertz CT molecular complexity index is 847. The Morgan fingerprint density at radius 3 is 2.53 bits per heavy atom. The van der Waals surface area contributed by atoms with E-state index in [4.69, 9.17) is 4.74 Å². The van der Waals surface area contributed by atoms with Gasteiger partial charge in [-0.15, -0.1) is 0 Å². The Kier molecular flexibility index (Phi) is 7.19. The molecule has 0 amide bonds. The van der Waals surface area contributed by atoms with Gasteiger partial charge in [0.25, 0.3) is 0 Å². The largest absolute Gasteiger partial charge is 0.494 e. The van der Waals surface area contributed by atoms with E-state index in [2.05, 4.69) is 42.9 Å². The van der Waals surface area contributed by atoms with Gasteiger partial charge in [-0.1, -0.05) is 6.07 Å². The van der Waals surface area contributed by atoms with Crippen molar-refractivity contribution in [2.75, 3.05) is 63.9 Å². The normalized spacial score (nSPS) is 22.1.